The van der Waals surface area contributed by atoms with Crippen LogP contribution in [0.4, 0.5) is 0 Å². The van der Waals surface area contributed by atoms with Gasteiger partial charge in [-0.15, -0.1) is 0 Å². The highest BCUT2D eigenvalue weighted by atomic mass is 16.5. The van der Waals surface area contributed by atoms with Gasteiger partial charge in [0.1, 0.15) is 11.3 Å². The van der Waals surface area contributed by atoms with Gasteiger partial charge in [0.2, 0.25) is 0 Å². The quantitative estimate of drug-likeness (QED) is 0.883. The summed E-state index contributed by atoms with van der Waals surface area (Å²) in [5.41, 5.74) is 0.782. The molecule has 1 N–H and O–H groups in total. The van der Waals surface area contributed by atoms with Gasteiger partial charge in [0.15, 0.2) is 0 Å². The van der Waals surface area contributed by atoms with Gasteiger partial charge in [0, 0.05) is 11.6 Å². The third kappa shape index (κ3) is 2.24. The average Bonchev–Trinajstić information content (AvgIpc) is 2.28. The first-order valence-corrected chi connectivity index (χ1v) is 5.77. The molecule has 0 saturated heterocycles. The fraction of sp³-hybridized carbons (Fsp3) is 0.357. The van der Waals surface area contributed by atoms with Crippen LogP contribution in [0.2, 0.25) is 0 Å². The van der Waals surface area contributed by atoms with Crippen LogP contribution >= 0.6 is 0 Å². The predicted octanol–water partition coefficient (Wildman–Crippen LogP) is 2.86. The summed E-state index contributed by atoms with van der Waals surface area (Å²) < 4.78 is 5.54. The van der Waals surface area contributed by atoms with Gasteiger partial charge in [-0.05, 0) is 38.5 Å². The van der Waals surface area contributed by atoms with Gasteiger partial charge in [0.05, 0.1) is 12.2 Å². The SMILES string of the molecule is CCOc1ccc(C(C)(C)O)c2cccnc12. The zero-order valence-corrected chi connectivity index (χ0v) is 10.4. The summed E-state index contributed by atoms with van der Waals surface area (Å²) >= 11 is 0. The molecule has 3 heteroatoms. The van der Waals surface area contributed by atoms with E-state index < -0.39 is 5.60 Å². The second-order valence-corrected chi connectivity index (χ2v) is 4.50. The molecule has 0 aliphatic rings. The first-order chi connectivity index (χ1) is 8.04. The summed E-state index contributed by atoms with van der Waals surface area (Å²) in [6.45, 7) is 6.09. The molecule has 0 saturated carbocycles. The van der Waals surface area contributed by atoms with Crippen LogP contribution in [0.3, 0.4) is 0 Å². The number of ether oxygens (including phenoxy) is 1. The molecule has 1 aromatic carbocycles. The first kappa shape index (κ1) is 11.9. The van der Waals surface area contributed by atoms with Crippen molar-refractivity contribution in [1.82, 2.24) is 4.98 Å². The molecule has 0 atom stereocenters. The molecular weight excluding hydrogens is 214 g/mol. The minimum absolute atomic E-state index is 0.605. The molecule has 0 fully saturated rings. The summed E-state index contributed by atoms with van der Waals surface area (Å²) in [5.74, 6) is 0.760. The number of pyridine rings is 1. The van der Waals surface area contributed by atoms with E-state index in [0.29, 0.717) is 6.61 Å². The Balaban J connectivity index is 2.71. The lowest BCUT2D eigenvalue weighted by Gasteiger charge is -2.20. The lowest BCUT2D eigenvalue weighted by molar-refractivity contribution is 0.0801. The van der Waals surface area contributed by atoms with Crippen molar-refractivity contribution < 1.29 is 9.84 Å². The molecule has 1 heterocycles. The largest absolute Gasteiger partial charge is 0.492 e. The van der Waals surface area contributed by atoms with E-state index in [0.717, 1.165) is 22.2 Å². The zero-order chi connectivity index (χ0) is 12.5. The average molecular weight is 231 g/mol. The number of hydrogen-bond donors (Lipinski definition) is 1. The maximum atomic E-state index is 10.1. The van der Waals surface area contributed by atoms with E-state index >= 15 is 0 Å². The molecular formula is C14H17NO2. The van der Waals surface area contributed by atoms with Crippen molar-refractivity contribution in [3.63, 3.8) is 0 Å². The number of hydrogen-bond acceptors (Lipinski definition) is 3. The van der Waals surface area contributed by atoms with Crippen LogP contribution in [0.15, 0.2) is 30.5 Å². The Kier molecular flexibility index (Phi) is 3.03. The van der Waals surface area contributed by atoms with Crippen molar-refractivity contribution in [1.29, 1.82) is 0 Å². The molecule has 17 heavy (non-hydrogen) atoms. The number of aromatic nitrogens is 1. The Morgan fingerprint density at radius 3 is 2.71 bits per heavy atom. The van der Waals surface area contributed by atoms with Crippen molar-refractivity contribution in [3.05, 3.63) is 36.0 Å². The molecule has 2 rings (SSSR count). The lowest BCUT2D eigenvalue weighted by atomic mass is 9.94. The highest BCUT2D eigenvalue weighted by Crippen LogP contribution is 2.32. The van der Waals surface area contributed by atoms with Gasteiger partial charge in [-0.2, -0.15) is 0 Å². The minimum Gasteiger partial charge on any atom is -0.492 e. The number of fused-ring (bicyclic) bond motifs is 1. The van der Waals surface area contributed by atoms with Crippen molar-refractivity contribution >= 4 is 10.9 Å². The molecule has 0 spiro atoms. The fourth-order valence-corrected chi connectivity index (χ4v) is 1.95. The van der Waals surface area contributed by atoms with Crippen molar-refractivity contribution in [2.45, 2.75) is 26.4 Å². The van der Waals surface area contributed by atoms with E-state index in [1.807, 2.05) is 31.2 Å². The standard InChI is InChI=1S/C14H17NO2/c1-4-17-12-8-7-11(14(2,3)16)10-6-5-9-15-13(10)12/h5-9,16H,4H2,1-3H3. The van der Waals surface area contributed by atoms with Crippen LogP contribution in [0.1, 0.15) is 26.3 Å². The van der Waals surface area contributed by atoms with Crippen LogP contribution in [0.5, 0.6) is 5.75 Å². The lowest BCUT2D eigenvalue weighted by Crippen LogP contribution is -2.16. The second-order valence-electron chi connectivity index (χ2n) is 4.50. The number of rotatable bonds is 3. The maximum Gasteiger partial charge on any atom is 0.145 e. The highest BCUT2D eigenvalue weighted by Gasteiger charge is 2.20. The molecule has 0 radical (unpaired) electrons. The van der Waals surface area contributed by atoms with Crippen LogP contribution < -0.4 is 4.74 Å². The number of aliphatic hydroxyl groups is 1. The molecule has 2 aromatic rings. The van der Waals surface area contributed by atoms with Crippen LogP contribution in [0.25, 0.3) is 10.9 Å². The predicted molar refractivity (Wildman–Crippen MR) is 68.2 cm³/mol. The summed E-state index contributed by atoms with van der Waals surface area (Å²) in [6.07, 6.45) is 1.74. The Bertz CT molecular complexity index is 529. The van der Waals surface area contributed by atoms with E-state index in [4.69, 9.17) is 4.74 Å². The van der Waals surface area contributed by atoms with Gasteiger partial charge in [0.25, 0.3) is 0 Å². The molecule has 0 unspecified atom stereocenters. The smallest absolute Gasteiger partial charge is 0.145 e. The molecule has 0 amide bonds. The fourth-order valence-electron chi connectivity index (χ4n) is 1.95. The molecule has 0 bridgehead atoms. The topological polar surface area (TPSA) is 42.4 Å². The summed E-state index contributed by atoms with van der Waals surface area (Å²) in [7, 11) is 0. The summed E-state index contributed by atoms with van der Waals surface area (Å²) in [6, 6.07) is 7.59. The van der Waals surface area contributed by atoms with Gasteiger partial charge in [-0.25, -0.2) is 0 Å². The number of benzene rings is 1. The zero-order valence-electron chi connectivity index (χ0n) is 10.4. The highest BCUT2D eigenvalue weighted by molar-refractivity contribution is 5.88. The normalized spacial score (nSPS) is 11.8. The molecule has 3 nitrogen and oxygen atoms in total. The monoisotopic (exact) mass is 231 g/mol. The maximum absolute atomic E-state index is 10.1. The van der Waals surface area contributed by atoms with E-state index in [1.54, 1.807) is 20.0 Å². The Morgan fingerprint density at radius 1 is 1.29 bits per heavy atom. The van der Waals surface area contributed by atoms with Crippen molar-refractivity contribution in [2.24, 2.45) is 0 Å². The Labute approximate surface area is 101 Å². The van der Waals surface area contributed by atoms with Gasteiger partial charge < -0.3 is 9.84 Å². The summed E-state index contributed by atoms with van der Waals surface area (Å²) in [4.78, 5) is 4.34. The molecule has 0 aliphatic carbocycles. The number of nitrogens with zero attached hydrogens (tertiary/aromatic N) is 1. The van der Waals surface area contributed by atoms with Crippen molar-refractivity contribution in [3.8, 4) is 5.75 Å². The second kappa shape index (κ2) is 4.34. The van der Waals surface area contributed by atoms with Crippen molar-refractivity contribution in [2.75, 3.05) is 6.61 Å². The van der Waals surface area contributed by atoms with Gasteiger partial charge in [-0.3, -0.25) is 4.98 Å². The molecule has 1 aromatic heterocycles. The third-order valence-electron chi connectivity index (χ3n) is 2.69. The van der Waals surface area contributed by atoms with E-state index in [9.17, 15) is 5.11 Å². The van der Waals surface area contributed by atoms with E-state index in [2.05, 4.69) is 4.98 Å². The van der Waals surface area contributed by atoms with Crippen LogP contribution in [-0.2, 0) is 5.60 Å². The van der Waals surface area contributed by atoms with Gasteiger partial charge >= 0.3 is 0 Å². The van der Waals surface area contributed by atoms with E-state index in [1.165, 1.54) is 0 Å². The Morgan fingerprint density at radius 2 is 2.06 bits per heavy atom. The minimum atomic E-state index is -0.883. The van der Waals surface area contributed by atoms with E-state index in [-0.39, 0.29) is 0 Å². The van der Waals surface area contributed by atoms with Crippen LogP contribution in [0, 0.1) is 0 Å². The molecule has 0 aliphatic heterocycles. The summed E-state index contributed by atoms with van der Waals surface area (Å²) in [5, 5.41) is 11.1. The molecule has 90 valence electrons. The van der Waals surface area contributed by atoms with Gasteiger partial charge in [-0.1, -0.05) is 12.1 Å². The third-order valence-corrected chi connectivity index (χ3v) is 2.69. The van der Waals surface area contributed by atoms with Crippen LogP contribution in [-0.4, -0.2) is 16.7 Å². The first-order valence-electron chi connectivity index (χ1n) is 5.77. The Hall–Kier alpha value is -1.61.